The predicted molar refractivity (Wildman–Crippen MR) is 125 cm³/mol. The van der Waals surface area contributed by atoms with Crippen LogP contribution in [0, 0.1) is 17.7 Å². The number of hydrogen-bond donors (Lipinski definition) is 1. The third kappa shape index (κ3) is 6.04. The minimum atomic E-state index is -0.238. The molecule has 9 heteroatoms. The SMILES string of the molecule is CN=C(NCC(c1ccc(F)cc1)N1CCOCC1)N1CC(C)C(C(=O)OC)C1.I. The van der Waals surface area contributed by atoms with Crippen molar-refractivity contribution >= 4 is 35.9 Å². The number of likely N-dealkylation sites (tertiary alicyclic amines) is 1. The first-order valence-corrected chi connectivity index (χ1v) is 10.1. The molecule has 0 amide bonds. The Kier molecular flexibility index (Phi) is 9.76. The third-order valence-corrected chi connectivity index (χ3v) is 5.82. The van der Waals surface area contributed by atoms with Crippen molar-refractivity contribution in [2.45, 2.75) is 13.0 Å². The Hall–Kier alpha value is -1.46. The van der Waals surface area contributed by atoms with Crippen molar-refractivity contribution in [3.05, 3.63) is 35.6 Å². The highest BCUT2D eigenvalue weighted by Crippen LogP contribution is 2.25. The number of hydrogen-bond acceptors (Lipinski definition) is 5. The lowest BCUT2D eigenvalue weighted by Crippen LogP contribution is -2.47. The molecule has 30 heavy (non-hydrogen) atoms. The van der Waals surface area contributed by atoms with E-state index in [1.165, 1.54) is 19.2 Å². The van der Waals surface area contributed by atoms with Gasteiger partial charge in [-0.2, -0.15) is 0 Å². The molecule has 2 heterocycles. The van der Waals surface area contributed by atoms with Gasteiger partial charge in [0.1, 0.15) is 5.82 Å². The Morgan fingerprint density at radius 1 is 1.30 bits per heavy atom. The Balaban J connectivity index is 0.00000320. The second kappa shape index (κ2) is 11.8. The zero-order chi connectivity index (χ0) is 20.8. The number of halogens is 2. The first-order chi connectivity index (χ1) is 14.0. The molecular weight excluding hydrogens is 502 g/mol. The van der Waals surface area contributed by atoms with Crippen molar-refractivity contribution in [2.75, 3.05) is 60.1 Å². The average Bonchev–Trinajstić information content (AvgIpc) is 3.13. The van der Waals surface area contributed by atoms with Gasteiger partial charge in [0.25, 0.3) is 0 Å². The van der Waals surface area contributed by atoms with Crippen LogP contribution in [0.4, 0.5) is 4.39 Å². The largest absolute Gasteiger partial charge is 0.469 e. The third-order valence-electron chi connectivity index (χ3n) is 5.82. The van der Waals surface area contributed by atoms with E-state index in [1.54, 1.807) is 7.05 Å². The number of benzene rings is 1. The molecule has 168 valence electrons. The number of methoxy groups -OCH3 is 1. The maximum absolute atomic E-state index is 13.4. The second-order valence-electron chi connectivity index (χ2n) is 7.66. The molecule has 2 fully saturated rings. The van der Waals surface area contributed by atoms with Crippen LogP contribution in [0.25, 0.3) is 0 Å². The van der Waals surface area contributed by atoms with Gasteiger partial charge in [0.05, 0.1) is 32.3 Å². The number of esters is 1. The lowest BCUT2D eigenvalue weighted by molar-refractivity contribution is -0.145. The molecular formula is C21H32FIN4O3. The summed E-state index contributed by atoms with van der Waals surface area (Å²) in [4.78, 5) is 20.9. The van der Waals surface area contributed by atoms with Crippen LogP contribution in [0.3, 0.4) is 0 Å². The molecule has 7 nitrogen and oxygen atoms in total. The van der Waals surface area contributed by atoms with Gasteiger partial charge in [-0.1, -0.05) is 19.1 Å². The zero-order valence-electron chi connectivity index (χ0n) is 17.8. The summed E-state index contributed by atoms with van der Waals surface area (Å²) in [6.07, 6.45) is 0. The number of carbonyl (C=O) groups excluding carboxylic acids is 1. The van der Waals surface area contributed by atoms with Gasteiger partial charge in [0.15, 0.2) is 5.96 Å². The molecule has 3 unspecified atom stereocenters. The zero-order valence-corrected chi connectivity index (χ0v) is 20.2. The van der Waals surface area contributed by atoms with Crippen LogP contribution in [0.15, 0.2) is 29.3 Å². The molecule has 1 N–H and O–H groups in total. The molecule has 0 aliphatic carbocycles. The van der Waals surface area contributed by atoms with Crippen molar-refractivity contribution < 1.29 is 18.7 Å². The summed E-state index contributed by atoms with van der Waals surface area (Å²) in [6, 6.07) is 6.75. The molecule has 2 aliphatic rings. The van der Waals surface area contributed by atoms with Crippen LogP contribution >= 0.6 is 24.0 Å². The number of nitrogens with one attached hydrogen (secondary N) is 1. The quantitative estimate of drug-likeness (QED) is 0.271. The van der Waals surface area contributed by atoms with Crippen molar-refractivity contribution in [3.63, 3.8) is 0 Å². The van der Waals surface area contributed by atoms with E-state index in [2.05, 4.69) is 27.0 Å². The van der Waals surface area contributed by atoms with Gasteiger partial charge in [-0.3, -0.25) is 14.7 Å². The van der Waals surface area contributed by atoms with E-state index in [-0.39, 0.29) is 53.6 Å². The number of guanidine groups is 1. The van der Waals surface area contributed by atoms with Crippen LogP contribution in [-0.2, 0) is 14.3 Å². The van der Waals surface area contributed by atoms with Gasteiger partial charge in [-0.15, -0.1) is 24.0 Å². The smallest absolute Gasteiger partial charge is 0.310 e. The first kappa shape index (κ1) is 24.8. The highest BCUT2D eigenvalue weighted by atomic mass is 127. The molecule has 0 saturated carbocycles. The van der Waals surface area contributed by atoms with Gasteiger partial charge in [-0.05, 0) is 23.6 Å². The van der Waals surface area contributed by atoms with E-state index in [1.807, 2.05) is 12.1 Å². The van der Waals surface area contributed by atoms with E-state index in [9.17, 15) is 9.18 Å². The fourth-order valence-electron chi connectivity index (χ4n) is 4.15. The lowest BCUT2D eigenvalue weighted by atomic mass is 9.99. The maximum atomic E-state index is 13.4. The molecule has 1 aromatic carbocycles. The van der Waals surface area contributed by atoms with Gasteiger partial charge >= 0.3 is 5.97 Å². The highest BCUT2D eigenvalue weighted by Gasteiger charge is 2.37. The summed E-state index contributed by atoms with van der Waals surface area (Å²) in [5.41, 5.74) is 1.05. The van der Waals surface area contributed by atoms with E-state index in [0.29, 0.717) is 26.3 Å². The minimum absolute atomic E-state index is 0. The number of carbonyl (C=O) groups is 1. The fraction of sp³-hybridized carbons (Fsp3) is 0.619. The Morgan fingerprint density at radius 3 is 2.57 bits per heavy atom. The molecule has 0 bridgehead atoms. The molecule has 3 rings (SSSR count). The molecule has 0 spiro atoms. The molecule has 0 radical (unpaired) electrons. The summed E-state index contributed by atoms with van der Waals surface area (Å²) in [5.74, 6) is 0.411. The number of aliphatic imine (C=N–C) groups is 1. The molecule has 1 aromatic rings. The van der Waals surface area contributed by atoms with Gasteiger partial charge in [0, 0.05) is 39.8 Å². The Bertz CT molecular complexity index is 713. The van der Waals surface area contributed by atoms with Crippen LogP contribution in [0.5, 0.6) is 0 Å². The van der Waals surface area contributed by atoms with Crippen LogP contribution in [-0.4, -0.2) is 81.8 Å². The van der Waals surface area contributed by atoms with E-state index < -0.39 is 0 Å². The van der Waals surface area contributed by atoms with Crippen molar-refractivity contribution in [2.24, 2.45) is 16.8 Å². The monoisotopic (exact) mass is 534 g/mol. The molecule has 0 aromatic heterocycles. The van der Waals surface area contributed by atoms with Crippen molar-refractivity contribution in [1.29, 1.82) is 0 Å². The minimum Gasteiger partial charge on any atom is -0.469 e. The van der Waals surface area contributed by atoms with Crippen molar-refractivity contribution in [1.82, 2.24) is 15.1 Å². The summed E-state index contributed by atoms with van der Waals surface area (Å²) < 4.78 is 23.8. The topological polar surface area (TPSA) is 66.4 Å². The van der Waals surface area contributed by atoms with Gasteiger partial charge in [-0.25, -0.2) is 4.39 Å². The number of rotatable bonds is 5. The number of ether oxygens (including phenoxy) is 2. The van der Waals surface area contributed by atoms with Crippen LogP contribution < -0.4 is 5.32 Å². The summed E-state index contributed by atoms with van der Waals surface area (Å²) in [7, 11) is 3.18. The number of morpholine rings is 1. The average molecular weight is 534 g/mol. The normalized spacial score (nSPS) is 23.6. The molecule has 2 saturated heterocycles. The van der Waals surface area contributed by atoms with Crippen molar-refractivity contribution in [3.8, 4) is 0 Å². The predicted octanol–water partition coefficient (Wildman–Crippen LogP) is 2.13. The summed E-state index contributed by atoms with van der Waals surface area (Å²) in [6.45, 7) is 7.06. The van der Waals surface area contributed by atoms with Crippen LogP contribution in [0.2, 0.25) is 0 Å². The first-order valence-electron chi connectivity index (χ1n) is 10.1. The molecule has 3 atom stereocenters. The fourth-order valence-corrected chi connectivity index (χ4v) is 4.15. The van der Waals surface area contributed by atoms with E-state index in [0.717, 1.165) is 31.2 Å². The van der Waals surface area contributed by atoms with E-state index >= 15 is 0 Å². The second-order valence-corrected chi connectivity index (χ2v) is 7.66. The summed E-state index contributed by atoms with van der Waals surface area (Å²) >= 11 is 0. The van der Waals surface area contributed by atoms with Gasteiger partial charge in [0.2, 0.25) is 0 Å². The highest BCUT2D eigenvalue weighted by molar-refractivity contribution is 14.0. The van der Waals surface area contributed by atoms with E-state index in [4.69, 9.17) is 9.47 Å². The lowest BCUT2D eigenvalue weighted by Gasteiger charge is -2.35. The maximum Gasteiger partial charge on any atom is 0.310 e. The number of nitrogens with zero attached hydrogens (tertiary/aromatic N) is 3. The Morgan fingerprint density at radius 2 is 1.97 bits per heavy atom. The standard InChI is InChI=1S/C21H31FN4O3.HI/c1-15-13-26(14-18(15)20(27)28-3)21(23-2)24-12-19(25-8-10-29-11-9-25)16-4-6-17(22)7-5-16;/h4-7,15,18-19H,8-14H2,1-3H3,(H,23,24);1H. The Labute approximate surface area is 195 Å². The summed E-state index contributed by atoms with van der Waals surface area (Å²) in [5, 5.41) is 3.47. The van der Waals surface area contributed by atoms with Gasteiger partial charge < -0.3 is 19.7 Å². The molecule has 2 aliphatic heterocycles. The van der Waals surface area contributed by atoms with Crippen LogP contribution in [0.1, 0.15) is 18.5 Å².